The maximum absolute atomic E-state index is 12.1. The van der Waals surface area contributed by atoms with Gasteiger partial charge in [0, 0.05) is 31.4 Å². The van der Waals surface area contributed by atoms with E-state index in [2.05, 4.69) is 10.6 Å². The Hall–Kier alpha value is -2.28. The number of hydrogen-bond acceptors (Lipinski definition) is 4. The fourth-order valence-corrected chi connectivity index (χ4v) is 2.03. The molecule has 1 heterocycles. The molecule has 0 aromatic heterocycles. The number of amides is 3. The molecule has 1 fully saturated rings. The van der Waals surface area contributed by atoms with Gasteiger partial charge in [0.25, 0.3) is 0 Å². The topological polar surface area (TPSA) is 96.7 Å². The highest BCUT2D eigenvalue weighted by Gasteiger charge is 2.26. The molecule has 1 saturated heterocycles. The van der Waals surface area contributed by atoms with Crippen LogP contribution in [0.2, 0.25) is 0 Å². The van der Waals surface area contributed by atoms with Crippen LogP contribution in [0.15, 0.2) is 24.3 Å². The first-order chi connectivity index (χ1) is 9.60. The predicted octanol–water partition coefficient (Wildman–Crippen LogP) is -0.0138. The summed E-state index contributed by atoms with van der Waals surface area (Å²) in [4.78, 5) is 24.8. The van der Waals surface area contributed by atoms with Crippen LogP contribution in [0.4, 0.5) is 10.5 Å². The molecule has 7 heteroatoms. The van der Waals surface area contributed by atoms with Crippen LogP contribution in [-0.2, 0) is 4.79 Å². The molecule has 0 radical (unpaired) electrons. The van der Waals surface area contributed by atoms with Crippen molar-refractivity contribution < 1.29 is 14.3 Å². The maximum Gasteiger partial charge on any atom is 0.321 e. The molecule has 7 nitrogen and oxygen atoms in total. The molecule has 0 bridgehead atoms. The van der Waals surface area contributed by atoms with Crippen molar-refractivity contribution in [2.75, 3.05) is 32.1 Å². The summed E-state index contributed by atoms with van der Waals surface area (Å²) in [5.74, 6) is 0.210. The lowest BCUT2D eigenvalue weighted by Crippen LogP contribution is -2.58. The molecular formula is C13H18N4O3. The van der Waals surface area contributed by atoms with E-state index in [1.807, 2.05) is 0 Å². The van der Waals surface area contributed by atoms with E-state index in [-0.39, 0.29) is 12.6 Å². The highest BCUT2D eigenvalue weighted by molar-refractivity contribution is 5.90. The number of carbonyl (C=O) groups excluding carboxylic acids is 2. The molecule has 1 unspecified atom stereocenters. The van der Waals surface area contributed by atoms with Gasteiger partial charge in [-0.05, 0) is 12.1 Å². The van der Waals surface area contributed by atoms with Gasteiger partial charge in [-0.1, -0.05) is 6.07 Å². The van der Waals surface area contributed by atoms with E-state index in [9.17, 15) is 9.59 Å². The van der Waals surface area contributed by atoms with E-state index in [1.165, 1.54) is 0 Å². The summed E-state index contributed by atoms with van der Waals surface area (Å²) in [6, 6.07) is 6.33. The van der Waals surface area contributed by atoms with Crippen molar-refractivity contribution in [3.05, 3.63) is 24.3 Å². The zero-order valence-electron chi connectivity index (χ0n) is 11.3. The predicted molar refractivity (Wildman–Crippen MR) is 74.6 cm³/mol. The fraction of sp³-hybridized carbons (Fsp3) is 0.385. The molecule has 1 atom stereocenters. The summed E-state index contributed by atoms with van der Waals surface area (Å²) in [6.07, 6.45) is 0. The van der Waals surface area contributed by atoms with Crippen molar-refractivity contribution in [2.24, 2.45) is 5.73 Å². The van der Waals surface area contributed by atoms with Gasteiger partial charge in [-0.3, -0.25) is 4.79 Å². The number of nitrogens with one attached hydrogen (secondary N) is 2. The molecule has 1 aliphatic heterocycles. The van der Waals surface area contributed by atoms with Gasteiger partial charge < -0.3 is 26.0 Å². The normalized spacial score (nSPS) is 18.4. The molecule has 0 aliphatic carbocycles. The third kappa shape index (κ3) is 3.39. The lowest BCUT2D eigenvalue weighted by Gasteiger charge is -2.32. The van der Waals surface area contributed by atoms with Gasteiger partial charge in [-0.2, -0.15) is 0 Å². The molecule has 108 valence electrons. The Labute approximate surface area is 117 Å². The van der Waals surface area contributed by atoms with Gasteiger partial charge >= 0.3 is 6.03 Å². The zero-order chi connectivity index (χ0) is 14.5. The monoisotopic (exact) mass is 278 g/mol. The summed E-state index contributed by atoms with van der Waals surface area (Å²) >= 11 is 0. The average Bonchev–Trinajstić information content (AvgIpc) is 2.47. The quantitative estimate of drug-likeness (QED) is 0.724. The summed E-state index contributed by atoms with van der Waals surface area (Å²) < 4.78 is 5.09. The number of nitrogens with zero attached hydrogens (tertiary/aromatic N) is 1. The van der Waals surface area contributed by atoms with Gasteiger partial charge in [-0.25, -0.2) is 4.79 Å². The number of anilines is 1. The maximum atomic E-state index is 12.1. The fourth-order valence-electron chi connectivity index (χ4n) is 2.03. The molecule has 4 N–H and O–H groups in total. The number of carbonyl (C=O) groups is 2. The number of rotatable bonds is 3. The van der Waals surface area contributed by atoms with E-state index < -0.39 is 11.9 Å². The Morgan fingerprint density at radius 1 is 1.50 bits per heavy atom. The number of hydrogen-bond donors (Lipinski definition) is 3. The molecule has 0 spiro atoms. The number of methoxy groups -OCH3 is 1. The summed E-state index contributed by atoms with van der Waals surface area (Å²) in [5, 5.41) is 5.74. The van der Waals surface area contributed by atoms with E-state index in [0.717, 1.165) is 0 Å². The van der Waals surface area contributed by atoms with E-state index in [4.69, 9.17) is 10.5 Å². The first-order valence-corrected chi connectivity index (χ1v) is 6.33. The third-order valence-corrected chi connectivity index (χ3v) is 3.13. The van der Waals surface area contributed by atoms with Crippen LogP contribution in [0.25, 0.3) is 0 Å². The number of ether oxygens (including phenoxy) is 1. The van der Waals surface area contributed by atoms with Crippen LogP contribution in [0.5, 0.6) is 5.75 Å². The van der Waals surface area contributed by atoms with Crippen molar-refractivity contribution in [2.45, 2.75) is 6.04 Å². The highest BCUT2D eigenvalue weighted by atomic mass is 16.5. The van der Waals surface area contributed by atoms with Crippen LogP contribution < -0.4 is 21.1 Å². The molecule has 1 aromatic rings. The number of nitrogens with two attached hydrogens (primary N) is 1. The molecule has 2 rings (SSSR count). The van der Waals surface area contributed by atoms with E-state index >= 15 is 0 Å². The lowest BCUT2D eigenvalue weighted by molar-refractivity contribution is -0.120. The summed E-state index contributed by atoms with van der Waals surface area (Å²) in [5.41, 5.74) is 5.89. The molecule has 3 amide bonds. The Morgan fingerprint density at radius 3 is 3.00 bits per heavy atom. The molecular weight excluding hydrogens is 260 g/mol. The average molecular weight is 278 g/mol. The first kappa shape index (κ1) is 14.1. The first-order valence-electron chi connectivity index (χ1n) is 6.33. The summed E-state index contributed by atoms with van der Waals surface area (Å²) in [6.45, 7) is 1.34. The second kappa shape index (κ2) is 6.25. The van der Waals surface area contributed by atoms with E-state index in [0.29, 0.717) is 24.5 Å². The largest absolute Gasteiger partial charge is 0.497 e. The van der Waals surface area contributed by atoms with Gasteiger partial charge in [-0.15, -0.1) is 0 Å². The highest BCUT2D eigenvalue weighted by Crippen LogP contribution is 2.17. The van der Waals surface area contributed by atoms with Crippen molar-refractivity contribution in [3.8, 4) is 5.75 Å². The smallest absolute Gasteiger partial charge is 0.321 e. The number of piperazine rings is 1. The second-order valence-electron chi connectivity index (χ2n) is 4.52. The molecule has 1 aliphatic rings. The van der Waals surface area contributed by atoms with Crippen LogP contribution >= 0.6 is 0 Å². The molecule has 20 heavy (non-hydrogen) atoms. The van der Waals surface area contributed by atoms with Crippen LogP contribution in [-0.4, -0.2) is 49.6 Å². The van der Waals surface area contributed by atoms with Gasteiger partial charge in [0.05, 0.1) is 7.11 Å². The van der Waals surface area contributed by atoms with Crippen molar-refractivity contribution in [3.63, 3.8) is 0 Å². The second-order valence-corrected chi connectivity index (χ2v) is 4.52. The van der Waals surface area contributed by atoms with Crippen molar-refractivity contribution in [1.29, 1.82) is 0 Å². The molecule has 1 aromatic carbocycles. The Morgan fingerprint density at radius 2 is 2.30 bits per heavy atom. The van der Waals surface area contributed by atoms with Crippen molar-refractivity contribution >= 4 is 17.6 Å². The number of urea groups is 1. The van der Waals surface area contributed by atoms with Crippen molar-refractivity contribution in [1.82, 2.24) is 10.2 Å². The standard InChI is InChI=1S/C13H18N4O3/c1-20-10-4-2-3-9(7-10)16-13(19)17-6-5-15-11(8-17)12(14)18/h2-4,7,11,15H,5-6,8H2,1H3,(H2,14,18)(H,16,19). The minimum Gasteiger partial charge on any atom is -0.497 e. The third-order valence-electron chi connectivity index (χ3n) is 3.13. The molecule has 0 saturated carbocycles. The Balaban J connectivity index is 1.98. The zero-order valence-corrected chi connectivity index (χ0v) is 11.3. The Kier molecular flexibility index (Phi) is 4.41. The summed E-state index contributed by atoms with van der Waals surface area (Å²) in [7, 11) is 1.56. The minimum atomic E-state index is -0.500. The van der Waals surface area contributed by atoms with Crippen LogP contribution in [0, 0.1) is 0 Å². The lowest BCUT2D eigenvalue weighted by atomic mass is 10.2. The SMILES string of the molecule is COc1cccc(NC(=O)N2CCNC(C(N)=O)C2)c1. The van der Waals surface area contributed by atoms with E-state index in [1.54, 1.807) is 36.3 Å². The van der Waals surface area contributed by atoms with Gasteiger partial charge in [0.2, 0.25) is 5.91 Å². The van der Waals surface area contributed by atoms with Gasteiger partial charge in [0.1, 0.15) is 11.8 Å². The minimum absolute atomic E-state index is 0.258. The van der Waals surface area contributed by atoms with Gasteiger partial charge in [0.15, 0.2) is 0 Å². The van der Waals surface area contributed by atoms with Crippen LogP contribution in [0.1, 0.15) is 0 Å². The number of benzene rings is 1. The number of primary amides is 1. The Bertz CT molecular complexity index is 506. The van der Waals surface area contributed by atoms with Crippen LogP contribution in [0.3, 0.4) is 0 Å².